The second-order valence-electron chi connectivity index (χ2n) is 7.34. The van der Waals surface area contributed by atoms with Gasteiger partial charge in [-0.15, -0.1) is 0 Å². The van der Waals surface area contributed by atoms with Gasteiger partial charge in [-0.05, 0) is 62.5 Å². The molecule has 0 aliphatic carbocycles. The Morgan fingerprint density at radius 2 is 1.84 bits per heavy atom. The largest absolute Gasteiger partial charge is 0.465 e. The molecule has 1 amide bonds. The minimum Gasteiger partial charge on any atom is -0.465 e. The summed E-state index contributed by atoms with van der Waals surface area (Å²) in [6.07, 6.45) is 2.89. The number of piperidine rings is 1. The molecule has 2 aliphatic heterocycles. The minimum absolute atomic E-state index is 0.180. The van der Waals surface area contributed by atoms with Gasteiger partial charge in [-0.25, -0.2) is 0 Å². The molecule has 0 radical (unpaired) electrons. The number of benzene rings is 1. The Morgan fingerprint density at radius 3 is 2.56 bits per heavy atom. The standard InChI is InChI=1S/C21H26N2O2/c1-16-6-7-20(25-16)15-22-11-8-18(9-12-22)21(24)23-13-10-17-4-2-3-5-19(17)14-23/h2-7,18H,8-15H2,1H3. The van der Waals surface area contributed by atoms with Gasteiger partial charge in [0.15, 0.2) is 0 Å². The highest BCUT2D eigenvalue weighted by Crippen LogP contribution is 2.25. The fourth-order valence-electron chi connectivity index (χ4n) is 4.07. The Hall–Kier alpha value is -2.07. The molecule has 3 heterocycles. The number of aryl methyl sites for hydroxylation is 1. The zero-order chi connectivity index (χ0) is 17.2. The molecule has 0 spiro atoms. The molecule has 2 aromatic rings. The average molecular weight is 338 g/mol. The van der Waals surface area contributed by atoms with Gasteiger partial charge < -0.3 is 9.32 Å². The molecule has 132 valence electrons. The van der Waals surface area contributed by atoms with Crippen LogP contribution in [0.25, 0.3) is 0 Å². The third-order valence-corrected chi connectivity index (χ3v) is 5.55. The summed E-state index contributed by atoms with van der Waals surface area (Å²) >= 11 is 0. The number of fused-ring (bicyclic) bond motifs is 1. The Kier molecular flexibility index (Phi) is 4.62. The van der Waals surface area contributed by atoms with Gasteiger partial charge >= 0.3 is 0 Å². The molecule has 25 heavy (non-hydrogen) atoms. The molecule has 1 aromatic carbocycles. The summed E-state index contributed by atoms with van der Waals surface area (Å²) in [6.45, 7) is 6.42. The van der Waals surface area contributed by atoms with E-state index in [1.807, 2.05) is 13.0 Å². The van der Waals surface area contributed by atoms with E-state index >= 15 is 0 Å². The maximum absolute atomic E-state index is 12.9. The van der Waals surface area contributed by atoms with Crippen LogP contribution in [0.1, 0.15) is 35.5 Å². The van der Waals surface area contributed by atoms with Crippen LogP contribution in [0, 0.1) is 12.8 Å². The zero-order valence-electron chi connectivity index (χ0n) is 14.9. The van der Waals surface area contributed by atoms with E-state index in [4.69, 9.17) is 4.42 Å². The van der Waals surface area contributed by atoms with Gasteiger partial charge in [0, 0.05) is 19.0 Å². The number of rotatable bonds is 3. The predicted molar refractivity (Wildman–Crippen MR) is 97.0 cm³/mol. The molecular weight excluding hydrogens is 312 g/mol. The van der Waals surface area contributed by atoms with Crippen molar-refractivity contribution in [2.75, 3.05) is 19.6 Å². The molecule has 4 nitrogen and oxygen atoms in total. The highest BCUT2D eigenvalue weighted by atomic mass is 16.3. The van der Waals surface area contributed by atoms with Gasteiger partial charge in [0.1, 0.15) is 11.5 Å². The van der Waals surface area contributed by atoms with Crippen molar-refractivity contribution in [3.8, 4) is 0 Å². The van der Waals surface area contributed by atoms with E-state index in [1.165, 1.54) is 11.1 Å². The summed E-state index contributed by atoms with van der Waals surface area (Å²) in [5.74, 6) is 2.52. The molecule has 0 saturated carbocycles. The summed E-state index contributed by atoms with van der Waals surface area (Å²) in [4.78, 5) is 17.4. The van der Waals surface area contributed by atoms with E-state index in [0.717, 1.165) is 63.5 Å². The highest BCUT2D eigenvalue weighted by molar-refractivity contribution is 5.79. The van der Waals surface area contributed by atoms with Crippen LogP contribution in [0.15, 0.2) is 40.8 Å². The number of carbonyl (C=O) groups is 1. The lowest BCUT2D eigenvalue weighted by Gasteiger charge is -2.35. The monoisotopic (exact) mass is 338 g/mol. The number of furan rings is 1. The molecule has 0 bridgehead atoms. The lowest BCUT2D eigenvalue weighted by Crippen LogP contribution is -2.44. The number of likely N-dealkylation sites (tertiary alicyclic amines) is 1. The van der Waals surface area contributed by atoms with Gasteiger partial charge in [-0.1, -0.05) is 24.3 Å². The Morgan fingerprint density at radius 1 is 1.08 bits per heavy atom. The van der Waals surface area contributed by atoms with E-state index < -0.39 is 0 Å². The van der Waals surface area contributed by atoms with Crippen LogP contribution in [0.2, 0.25) is 0 Å². The van der Waals surface area contributed by atoms with Crippen LogP contribution in [-0.2, 0) is 24.3 Å². The van der Waals surface area contributed by atoms with Crippen molar-refractivity contribution in [1.82, 2.24) is 9.80 Å². The fraction of sp³-hybridized carbons (Fsp3) is 0.476. The molecule has 0 unspecified atom stereocenters. The molecule has 2 aliphatic rings. The van der Waals surface area contributed by atoms with Crippen LogP contribution < -0.4 is 0 Å². The molecule has 0 atom stereocenters. The van der Waals surface area contributed by atoms with E-state index in [1.54, 1.807) is 0 Å². The lowest BCUT2D eigenvalue weighted by molar-refractivity contribution is -0.138. The zero-order valence-corrected chi connectivity index (χ0v) is 14.9. The first kappa shape index (κ1) is 16.4. The van der Waals surface area contributed by atoms with E-state index in [0.29, 0.717) is 5.91 Å². The van der Waals surface area contributed by atoms with Crippen LogP contribution in [0.4, 0.5) is 0 Å². The summed E-state index contributed by atoms with van der Waals surface area (Å²) < 4.78 is 5.67. The first-order valence-electron chi connectivity index (χ1n) is 9.32. The van der Waals surface area contributed by atoms with Crippen LogP contribution in [0.5, 0.6) is 0 Å². The van der Waals surface area contributed by atoms with Gasteiger partial charge in [-0.2, -0.15) is 0 Å². The van der Waals surface area contributed by atoms with Crippen LogP contribution in [0.3, 0.4) is 0 Å². The van der Waals surface area contributed by atoms with Gasteiger partial charge in [-0.3, -0.25) is 9.69 Å². The Bertz CT molecular complexity index is 744. The number of carbonyl (C=O) groups excluding carboxylic acids is 1. The van der Waals surface area contributed by atoms with Crippen molar-refractivity contribution in [3.05, 3.63) is 59.0 Å². The second kappa shape index (κ2) is 7.04. The van der Waals surface area contributed by atoms with E-state index in [-0.39, 0.29) is 5.92 Å². The van der Waals surface area contributed by atoms with Crippen LogP contribution >= 0.6 is 0 Å². The summed E-state index contributed by atoms with van der Waals surface area (Å²) in [7, 11) is 0. The van der Waals surface area contributed by atoms with Crippen molar-refractivity contribution in [1.29, 1.82) is 0 Å². The normalized spacial score (nSPS) is 19.0. The van der Waals surface area contributed by atoms with Crippen LogP contribution in [-0.4, -0.2) is 35.3 Å². The summed E-state index contributed by atoms with van der Waals surface area (Å²) in [5, 5.41) is 0. The van der Waals surface area contributed by atoms with E-state index in [9.17, 15) is 4.79 Å². The van der Waals surface area contributed by atoms with Crippen molar-refractivity contribution in [2.24, 2.45) is 5.92 Å². The van der Waals surface area contributed by atoms with Gasteiger partial charge in [0.05, 0.1) is 6.54 Å². The lowest BCUT2D eigenvalue weighted by atomic mass is 9.93. The minimum atomic E-state index is 0.180. The Balaban J connectivity index is 1.31. The Labute approximate surface area is 149 Å². The number of nitrogens with zero attached hydrogens (tertiary/aromatic N) is 2. The average Bonchev–Trinajstić information content (AvgIpc) is 3.06. The quantitative estimate of drug-likeness (QED) is 0.861. The van der Waals surface area contributed by atoms with Gasteiger partial charge in [0.2, 0.25) is 5.91 Å². The molecule has 4 heteroatoms. The maximum Gasteiger partial charge on any atom is 0.226 e. The molecule has 4 rings (SSSR count). The second-order valence-corrected chi connectivity index (χ2v) is 7.34. The van der Waals surface area contributed by atoms with E-state index in [2.05, 4.69) is 40.1 Å². The molecule has 1 fully saturated rings. The number of hydrogen-bond donors (Lipinski definition) is 0. The SMILES string of the molecule is Cc1ccc(CN2CCC(C(=O)N3CCc4ccccc4C3)CC2)o1. The van der Waals surface area contributed by atoms with Crippen molar-refractivity contribution in [3.63, 3.8) is 0 Å². The van der Waals surface area contributed by atoms with Crippen molar-refractivity contribution < 1.29 is 9.21 Å². The highest BCUT2D eigenvalue weighted by Gasteiger charge is 2.30. The summed E-state index contributed by atoms with van der Waals surface area (Å²) in [5.41, 5.74) is 2.71. The predicted octanol–water partition coefficient (Wildman–Crippen LogP) is 3.38. The molecule has 1 saturated heterocycles. The molecule has 0 N–H and O–H groups in total. The third kappa shape index (κ3) is 3.64. The molecule has 1 aromatic heterocycles. The first-order chi connectivity index (χ1) is 12.2. The fourth-order valence-corrected chi connectivity index (χ4v) is 4.07. The van der Waals surface area contributed by atoms with Crippen molar-refractivity contribution >= 4 is 5.91 Å². The van der Waals surface area contributed by atoms with Gasteiger partial charge in [0.25, 0.3) is 0 Å². The molecular formula is C21H26N2O2. The number of amides is 1. The summed E-state index contributed by atoms with van der Waals surface area (Å²) in [6, 6.07) is 12.6. The number of hydrogen-bond acceptors (Lipinski definition) is 3. The first-order valence-corrected chi connectivity index (χ1v) is 9.32. The van der Waals surface area contributed by atoms with Crippen molar-refractivity contribution in [2.45, 2.75) is 39.3 Å². The third-order valence-electron chi connectivity index (χ3n) is 5.55. The maximum atomic E-state index is 12.9. The smallest absolute Gasteiger partial charge is 0.226 e. The topological polar surface area (TPSA) is 36.7 Å².